The van der Waals surface area contributed by atoms with Crippen molar-refractivity contribution in [2.75, 3.05) is 13.2 Å². The normalized spacial score (nSPS) is 25.6. The molecule has 1 atom stereocenters. The van der Waals surface area contributed by atoms with E-state index in [1.54, 1.807) is 12.1 Å². The third kappa shape index (κ3) is 2.65. The zero-order valence-corrected chi connectivity index (χ0v) is 11.7. The van der Waals surface area contributed by atoms with Gasteiger partial charge in [0.2, 0.25) is 0 Å². The highest BCUT2D eigenvalue weighted by molar-refractivity contribution is 9.10. The third-order valence-electron chi connectivity index (χ3n) is 3.18. The number of ether oxygens (including phenoxy) is 1. The summed E-state index contributed by atoms with van der Waals surface area (Å²) < 4.78 is 20.1. The minimum atomic E-state index is -0.676. The molecule has 17 heavy (non-hydrogen) atoms. The predicted octanol–water partition coefficient (Wildman–Crippen LogP) is 3.60. The largest absolute Gasteiger partial charge is 0.381 e. The van der Waals surface area contributed by atoms with Gasteiger partial charge in [-0.05, 0) is 41.3 Å². The van der Waals surface area contributed by atoms with Crippen LogP contribution in [0.1, 0.15) is 24.8 Å². The fourth-order valence-corrected chi connectivity index (χ4v) is 2.62. The van der Waals surface area contributed by atoms with E-state index in [-0.39, 0.29) is 5.02 Å². The lowest BCUT2D eigenvalue weighted by Crippen LogP contribution is -2.38. The van der Waals surface area contributed by atoms with Crippen LogP contribution in [0, 0.1) is 5.82 Å². The Kier molecular flexibility index (Phi) is 4.08. The lowest BCUT2D eigenvalue weighted by atomic mass is 9.84. The summed E-state index contributed by atoms with van der Waals surface area (Å²) in [6.45, 7) is 1.24. The average Bonchev–Trinajstić information content (AvgIpc) is 2.52. The summed E-state index contributed by atoms with van der Waals surface area (Å²) in [5, 5.41) is 0.0949. The molecule has 0 spiro atoms. The molecule has 0 amide bonds. The first kappa shape index (κ1) is 13.3. The van der Waals surface area contributed by atoms with Gasteiger partial charge in [-0.15, -0.1) is 0 Å². The Morgan fingerprint density at radius 3 is 2.88 bits per heavy atom. The van der Waals surface area contributed by atoms with Crippen molar-refractivity contribution in [1.29, 1.82) is 0 Å². The first-order valence-corrected chi connectivity index (χ1v) is 6.72. The minimum Gasteiger partial charge on any atom is -0.381 e. The summed E-state index contributed by atoms with van der Waals surface area (Å²) in [5.74, 6) is -0.426. The van der Waals surface area contributed by atoms with Crippen LogP contribution in [0.15, 0.2) is 16.6 Å². The number of benzene rings is 1. The van der Waals surface area contributed by atoms with Crippen molar-refractivity contribution in [3.63, 3.8) is 0 Å². The van der Waals surface area contributed by atoms with Gasteiger partial charge in [-0.1, -0.05) is 17.7 Å². The molecule has 94 valence electrons. The van der Waals surface area contributed by atoms with E-state index in [0.29, 0.717) is 36.1 Å². The van der Waals surface area contributed by atoms with Crippen LogP contribution in [0.4, 0.5) is 4.39 Å². The minimum absolute atomic E-state index is 0.0949. The second-order valence-electron chi connectivity index (χ2n) is 4.34. The summed E-state index contributed by atoms with van der Waals surface area (Å²) in [7, 11) is 0. The first-order valence-electron chi connectivity index (χ1n) is 5.55. The van der Waals surface area contributed by atoms with E-state index >= 15 is 0 Å². The maximum Gasteiger partial charge on any atom is 0.147 e. The molecule has 1 unspecified atom stereocenters. The van der Waals surface area contributed by atoms with Crippen LogP contribution < -0.4 is 5.73 Å². The molecule has 1 heterocycles. The molecule has 0 aliphatic carbocycles. The molecule has 1 fully saturated rings. The summed E-state index contributed by atoms with van der Waals surface area (Å²) in [6, 6.07) is 3.44. The Labute approximate surface area is 113 Å². The molecule has 1 aliphatic rings. The maximum absolute atomic E-state index is 14.1. The second-order valence-corrected chi connectivity index (χ2v) is 5.58. The van der Waals surface area contributed by atoms with E-state index in [4.69, 9.17) is 22.1 Å². The van der Waals surface area contributed by atoms with Crippen LogP contribution in [0.5, 0.6) is 0 Å². The first-order chi connectivity index (χ1) is 8.04. The summed E-state index contributed by atoms with van der Waals surface area (Å²) in [5.41, 5.74) is 6.11. The Bertz CT molecular complexity index is 419. The van der Waals surface area contributed by atoms with Gasteiger partial charge in [0.25, 0.3) is 0 Å². The monoisotopic (exact) mass is 321 g/mol. The van der Waals surface area contributed by atoms with Crippen molar-refractivity contribution in [3.8, 4) is 0 Å². The van der Waals surface area contributed by atoms with Crippen LogP contribution in [-0.2, 0) is 10.3 Å². The summed E-state index contributed by atoms with van der Waals surface area (Å²) in [6.07, 6.45) is 2.16. The highest BCUT2D eigenvalue weighted by Gasteiger charge is 2.32. The number of rotatable bonds is 1. The topological polar surface area (TPSA) is 35.2 Å². The van der Waals surface area contributed by atoms with Crippen LogP contribution in [0.2, 0.25) is 5.02 Å². The standard InChI is InChI=1S/C12H14BrClFNO/c13-9-3-2-8(11(15)10(9)14)12(16)4-1-6-17-7-5-12/h2-3H,1,4-7,16H2. The Hall–Kier alpha value is -0.160. The molecule has 0 radical (unpaired) electrons. The van der Waals surface area contributed by atoms with Crippen molar-refractivity contribution in [3.05, 3.63) is 33.0 Å². The van der Waals surface area contributed by atoms with E-state index in [0.717, 1.165) is 6.42 Å². The fourth-order valence-electron chi connectivity index (χ4n) is 2.15. The molecule has 1 saturated heterocycles. The molecule has 0 bridgehead atoms. The SMILES string of the molecule is NC1(c2ccc(Br)c(Cl)c2F)CCCOCC1. The highest BCUT2D eigenvalue weighted by Crippen LogP contribution is 2.36. The molecule has 5 heteroatoms. The van der Waals surface area contributed by atoms with Crippen LogP contribution >= 0.6 is 27.5 Å². The van der Waals surface area contributed by atoms with Gasteiger partial charge in [0.1, 0.15) is 5.82 Å². The van der Waals surface area contributed by atoms with Crippen molar-refractivity contribution in [2.45, 2.75) is 24.8 Å². The number of hydrogen-bond acceptors (Lipinski definition) is 2. The zero-order valence-electron chi connectivity index (χ0n) is 9.31. The Morgan fingerprint density at radius 1 is 1.35 bits per heavy atom. The van der Waals surface area contributed by atoms with Crippen molar-refractivity contribution in [1.82, 2.24) is 0 Å². The Balaban J connectivity index is 2.41. The molecule has 2 nitrogen and oxygen atoms in total. The molecule has 1 aromatic carbocycles. The van der Waals surface area contributed by atoms with Crippen molar-refractivity contribution >= 4 is 27.5 Å². The zero-order chi connectivity index (χ0) is 12.5. The lowest BCUT2D eigenvalue weighted by Gasteiger charge is -2.28. The lowest BCUT2D eigenvalue weighted by molar-refractivity contribution is 0.139. The number of nitrogens with two attached hydrogens (primary N) is 1. The average molecular weight is 323 g/mol. The third-order valence-corrected chi connectivity index (χ3v) is 4.43. The molecule has 2 rings (SSSR count). The van der Waals surface area contributed by atoms with Gasteiger partial charge < -0.3 is 10.5 Å². The second kappa shape index (κ2) is 5.22. The van der Waals surface area contributed by atoms with Gasteiger partial charge in [-0.3, -0.25) is 0 Å². The summed E-state index contributed by atoms with van der Waals surface area (Å²) >= 11 is 9.10. The molecular formula is C12H14BrClFNO. The fraction of sp³-hybridized carbons (Fsp3) is 0.500. The molecule has 1 aliphatic heterocycles. The van der Waals surface area contributed by atoms with Crippen LogP contribution in [-0.4, -0.2) is 13.2 Å². The van der Waals surface area contributed by atoms with Crippen LogP contribution in [0.3, 0.4) is 0 Å². The van der Waals surface area contributed by atoms with Gasteiger partial charge in [-0.25, -0.2) is 4.39 Å². The molecule has 0 aromatic heterocycles. The maximum atomic E-state index is 14.1. The summed E-state index contributed by atoms with van der Waals surface area (Å²) in [4.78, 5) is 0. The molecule has 0 saturated carbocycles. The van der Waals surface area contributed by atoms with Gasteiger partial charge >= 0.3 is 0 Å². The quantitative estimate of drug-likeness (QED) is 0.802. The van der Waals surface area contributed by atoms with E-state index in [1.807, 2.05) is 0 Å². The number of hydrogen-bond donors (Lipinski definition) is 1. The van der Waals surface area contributed by atoms with Crippen molar-refractivity contribution < 1.29 is 9.13 Å². The predicted molar refractivity (Wildman–Crippen MR) is 69.6 cm³/mol. The Morgan fingerprint density at radius 2 is 2.12 bits per heavy atom. The van der Waals surface area contributed by atoms with Gasteiger partial charge in [0.05, 0.1) is 5.02 Å². The molecular weight excluding hydrogens is 308 g/mol. The van der Waals surface area contributed by atoms with Crippen LogP contribution in [0.25, 0.3) is 0 Å². The van der Waals surface area contributed by atoms with E-state index in [9.17, 15) is 4.39 Å². The number of halogens is 3. The van der Waals surface area contributed by atoms with E-state index in [1.165, 1.54) is 0 Å². The van der Waals surface area contributed by atoms with Gasteiger partial charge in [0.15, 0.2) is 0 Å². The van der Waals surface area contributed by atoms with E-state index < -0.39 is 11.4 Å². The van der Waals surface area contributed by atoms with E-state index in [2.05, 4.69) is 15.9 Å². The van der Waals surface area contributed by atoms with Gasteiger partial charge in [0, 0.05) is 28.8 Å². The van der Waals surface area contributed by atoms with Crippen molar-refractivity contribution in [2.24, 2.45) is 5.73 Å². The molecule has 1 aromatic rings. The van der Waals surface area contributed by atoms with Gasteiger partial charge in [-0.2, -0.15) is 0 Å². The molecule has 2 N–H and O–H groups in total. The smallest absolute Gasteiger partial charge is 0.147 e. The highest BCUT2D eigenvalue weighted by atomic mass is 79.9.